The molecule has 0 fully saturated rings. The summed E-state index contributed by atoms with van der Waals surface area (Å²) in [4.78, 5) is 10.9. The van der Waals surface area contributed by atoms with E-state index in [1.807, 2.05) is 0 Å². The molecule has 1 aromatic carbocycles. The van der Waals surface area contributed by atoms with Crippen LogP contribution >= 0.6 is 11.6 Å². The largest absolute Gasteiger partial charge is 0.416 e. The van der Waals surface area contributed by atoms with Gasteiger partial charge in [-0.05, 0) is 37.1 Å². The maximum Gasteiger partial charge on any atom is 0.416 e. The highest BCUT2D eigenvalue weighted by Crippen LogP contribution is 2.36. The topological polar surface area (TPSA) is 17.1 Å². The van der Waals surface area contributed by atoms with E-state index in [0.29, 0.717) is 12.1 Å². The summed E-state index contributed by atoms with van der Waals surface area (Å²) < 4.78 is 75.4. The summed E-state index contributed by atoms with van der Waals surface area (Å²) in [7, 11) is 0. The molecular formula is C12H9ClF6O. The van der Waals surface area contributed by atoms with Gasteiger partial charge in [0.1, 0.15) is 5.78 Å². The Balaban J connectivity index is 3.28. The van der Waals surface area contributed by atoms with Gasteiger partial charge in [0, 0.05) is 0 Å². The van der Waals surface area contributed by atoms with Crippen molar-refractivity contribution in [3.63, 3.8) is 0 Å². The maximum absolute atomic E-state index is 12.6. The lowest BCUT2D eigenvalue weighted by Crippen LogP contribution is -2.16. The highest BCUT2D eigenvalue weighted by Gasteiger charge is 2.37. The molecule has 0 radical (unpaired) electrons. The van der Waals surface area contributed by atoms with Crippen LogP contribution in [0, 0.1) is 0 Å². The minimum Gasteiger partial charge on any atom is -0.298 e. The first kappa shape index (κ1) is 16.8. The molecule has 0 spiro atoms. The fourth-order valence-electron chi connectivity index (χ4n) is 1.49. The number of halogens is 7. The number of ketones is 1. The van der Waals surface area contributed by atoms with Gasteiger partial charge in [-0.15, -0.1) is 11.6 Å². The van der Waals surface area contributed by atoms with Crippen LogP contribution in [0.2, 0.25) is 0 Å². The Morgan fingerprint density at radius 3 is 1.75 bits per heavy atom. The average molecular weight is 319 g/mol. The third kappa shape index (κ3) is 4.40. The van der Waals surface area contributed by atoms with Crippen LogP contribution in [0.5, 0.6) is 0 Å². The second-order valence-corrected chi connectivity index (χ2v) is 4.72. The number of benzene rings is 1. The molecule has 1 rings (SSSR count). The Kier molecular flexibility index (Phi) is 4.74. The molecule has 0 saturated carbocycles. The van der Waals surface area contributed by atoms with Gasteiger partial charge in [-0.3, -0.25) is 4.79 Å². The van der Waals surface area contributed by atoms with Crippen molar-refractivity contribution in [1.82, 2.24) is 0 Å². The quantitative estimate of drug-likeness (QED) is 0.594. The molecule has 1 unspecified atom stereocenters. The zero-order valence-electron chi connectivity index (χ0n) is 10.1. The zero-order valence-corrected chi connectivity index (χ0v) is 10.8. The van der Waals surface area contributed by atoms with E-state index in [1.165, 1.54) is 0 Å². The molecule has 0 amide bonds. The van der Waals surface area contributed by atoms with Crippen molar-refractivity contribution >= 4 is 17.4 Å². The summed E-state index contributed by atoms with van der Waals surface area (Å²) in [5, 5.41) is -1.17. The van der Waals surface area contributed by atoms with Crippen LogP contribution in [0.1, 0.15) is 23.6 Å². The molecule has 1 nitrogen and oxygen atoms in total. The predicted molar refractivity (Wildman–Crippen MR) is 60.5 cm³/mol. The summed E-state index contributed by atoms with van der Waals surface area (Å²) in [6, 6.07) is 1.15. The maximum atomic E-state index is 12.6. The predicted octanol–water partition coefficient (Wildman–Crippen LogP) is 4.46. The van der Waals surface area contributed by atoms with Gasteiger partial charge in [0.15, 0.2) is 0 Å². The van der Waals surface area contributed by atoms with E-state index in [1.54, 1.807) is 0 Å². The van der Waals surface area contributed by atoms with Gasteiger partial charge in [0.05, 0.1) is 16.5 Å². The molecular weight excluding hydrogens is 310 g/mol. The van der Waals surface area contributed by atoms with E-state index in [9.17, 15) is 31.1 Å². The van der Waals surface area contributed by atoms with Gasteiger partial charge in [0.25, 0.3) is 0 Å². The molecule has 0 heterocycles. The van der Waals surface area contributed by atoms with Crippen LogP contribution in [-0.2, 0) is 23.6 Å². The normalized spacial score (nSPS) is 14.2. The monoisotopic (exact) mass is 318 g/mol. The fourth-order valence-corrected chi connectivity index (χ4v) is 1.67. The van der Waals surface area contributed by atoms with Gasteiger partial charge in [-0.1, -0.05) is 0 Å². The second-order valence-electron chi connectivity index (χ2n) is 4.20. The van der Waals surface area contributed by atoms with Crippen LogP contribution in [0.3, 0.4) is 0 Å². The van der Waals surface area contributed by atoms with Crippen molar-refractivity contribution < 1.29 is 31.1 Å². The van der Waals surface area contributed by atoms with Crippen molar-refractivity contribution in [2.45, 2.75) is 31.1 Å². The Morgan fingerprint density at radius 1 is 1.05 bits per heavy atom. The molecule has 20 heavy (non-hydrogen) atoms. The summed E-state index contributed by atoms with van der Waals surface area (Å²) in [6.07, 6.45) is -10.2. The van der Waals surface area contributed by atoms with E-state index in [-0.39, 0.29) is 11.6 Å². The number of Topliss-reactive ketones (excluding diaryl/α,β-unsaturated/α-hetero) is 1. The lowest BCUT2D eigenvalue weighted by Gasteiger charge is -2.15. The number of hydrogen-bond acceptors (Lipinski definition) is 1. The van der Waals surface area contributed by atoms with Crippen molar-refractivity contribution in [3.8, 4) is 0 Å². The van der Waals surface area contributed by atoms with E-state index in [4.69, 9.17) is 11.6 Å². The standard InChI is InChI=1S/C12H9ClF6O/c1-6(20)10(13)4-7-2-8(11(14,15)16)5-9(3-7)12(17,18)19/h2-3,5,10H,4H2,1H3. The molecule has 0 aliphatic heterocycles. The summed E-state index contributed by atoms with van der Waals surface area (Å²) in [5.74, 6) is -0.530. The van der Waals surface area contributed by atoms with Gasteiger partial charge in [0.2, 0.25) is 0 Å². The Bertz CT molecular complexity index is 473. The molecule has 1 aromatic rings. The first-order chi connectivity index (χ1) is 8.91. The molecule has 0 aromatic heterocycles. The summed E-state index contributed by atoms with van der Waals surface area (Å²) in [6.45, 7) is 1.11. The minimum absolute atomic E-state index is 0.0283. The van der Waals surface area contributed by atoms with Crippen LogP contribution in [0.25, 0.3) is 0 Å². The van der Waals surface area contributed by atoms with Crippen LogP contribution in [0.15, 0.2) is 18.2 Å². The Labute approximate surface area is 115 Å². The smallest absolute Gasteiger partial charge is 0.298 e. The van der Waals surface area contributed by atoms with Gasteiger partial charge in [-0.2, -0.15) is 26.3 Å². The number of carbonyl (C=O) groups excluding carboxylic acids is 1. The van der Waals surface area contributed by atoms with Crippen LogP contribution in [-0.4, -0.2) is 11.2 Å². The minimum atomic E-state index is -4.91. The third-order valence-electron chi connectivity index (χ3n) is 2.50. The number of hydrogen-bond donors (Lipinski definition) is 0. The van der Waals surface area contributed by atoms with Gasteiger partial charge < -0.3 is 0 Å². The molecule has 0 aliphatic rings. The lowest BCUT2D eigenvalue weighted by atomic mass is 10.0. The van der Waals surface area contributed by atoms with Crippen LogP contribution < -0.4 is 0 Å². The SMILES string of the molecule is CC(=O)C(Cl)Cc1cc(C(F)(F)F)cc(C(F)(F)F)c1. The highest BCUT2D eigenvalue weighted by molar-refractivity contribution is 6.30. The third-order valence-corrected chi connectivity index (χ3v) is 2.97. The van der Waals surface area contributed by atoms with E-state index < -0.39 is 41.1 Å². The molecule has 1 atom stereocenters. The molecule has 0 bridgehead atoms. The summed E-state index contributed by atoms with van der Waals surface area (Å²) in [5.41, 5.74) is -3.13. The highest BCUT2D eigenvalue weighted by atomic mass is 35.5. The van der Waals surface area contributed by atoms with Crippen molar-refractivity contribution in [3.05, 3.63) is 34.9 Å². The Hall–Kier alpha value is -1.24. The lowest BCUT2D eigenvalue weighted by molar-refractivity contribution is -0.143. The fraction of sp³-hybridized carbons (Fsp3) is 0.417. The second kappa shape index (κ2) is 5.63. The van der Waals surface area contributed by atoms with E-state index >= 15 is 0 Å². The Morgan fingerprint density at radius 2 is 1.45 bits per heavy atom. The van der Waals surface area contributed by atoms with Crippen molar-refractivity contribution in [2.75, 3.05) is 0 Å². The number of rotatable bonds is 3. The number of carbonyl (C=O) groups is 1. The molecule has 112 valence electrons. The first-order valence-electron chi connectivity index (χ1n) is 5.34. The van der Waals surface area contributed by atoms with E-state index in [2.05, 4.69) is 0 Å². The van der Waals surface area contributed by atoms with Crippen molar-refractivity contribution in [2.24, 2.45) is 0 Å². The van der Waals surface area contributed by atoms with Crippen LogP contribution in [0.4, 0.5) is 26.3 Å². The zero-order chi connectivity index (χ0) is 15.7. The average Bonchev–Trinajstić information content (AvgIpc) is 2.26. The molecule has 8 heteroatoms. The molecule has 0 N–H and O–H groups in total. The van der Waals surface area contributed by atoms with Crippen molar-refractivity contribution in [1.29, 1.82) is 0 Å². The molecule has 0 aliphatic carbocycles. The number of alkyl halides is 7. The van der Waals surface area contributed by atoms with E-state index in [0.717, 1.165) is 6.92 Å². The van der Waals surface area contributed by atoms with Gasteiger partial charge in [-0.25, -0.2) is 0 Å². The summed E-state index contributed by atoms with van der Waals surface area (Å²) >= 11 is 5.57. The molecule has 0 saturated heterocycles. The first-order valence-corrected chi connectivity index (χ1v) is 5.78. The van der Waals surface area contributed by atoms with Gasteiger partial charge >= 0.3 is 12.4 Å².